The number of hydrogen-bond donors (Lipinski definition) is 1. The van der Waals surface area contributed by atoms with Crippen LogP contribution in [0.5, 0.6) is 0 Å². The lowest BCUT2D eigenvalue weighted by Crippen LogP contribution is -2.66. The first-order valence-corrected chi connectivity index (χ1v) is 13.9. The maximum atomic E-state index is 12.7. The number of carboxylic acids is 1. The standard InChI is InChI=1S/C30H48O3/c1-18-10-15-30(25(32)33)17-16-28(6)20(24(30)19(18)2)8-9-22-27(5)13-12-23(31)26(3,4)21(27)11-14-29(22,28)7/h8,18-19,21-24,31H,9-17H2,1-7H3,(H,32,33)/p-1/t18-,19-,21+,22+,23+,24+,27+,28-,29+,30+/m1/s1. The van der Waals surface area contributed by atoms with Gasteiger partial charge in [0.2, 0.25) is 0 Å². The highest BCUT2D eigenvalue weighted by molar-refractivity contribution is 5.74. The van der Waals surface area contributed by atoms with Gasteiger partial charge < -0.3 is 15.0 Å². The van der Waals surface area contributed by atoms with Gasteiger partial charge >= 0.3 is 0 Å². The lowest BCUT2D eigenvalue weighted by Gasteiger charge is -2.71. The maximum absolute atomic E-state index is 12.7. The average Bonchev–Trinajstić information content (AvgIpc) is 2.74. The summed E-state index contributed by atoms with van der Waals surface area (Å²) in [6.45, 7) is 16.8. The summed E-state index contributed by atoms with van der Waals surface area (Å²) in [6, 6.07) is 0. The third kappa shape index (κ3) is 2.75. The number of allylic oxidation sites excluding steroid dienone is 2. The van der Waals surface area contributed by atoms with E-state index in [0.29, 0.717) is 23.7 Å². The summed E-state index contributed by atoms with van der Waals surface area (Å²) in [4.78, 5) is 12.7. The third-order valence-corrected chi connectivity index (χ3v) is 13.4. The second kappa shape index (κ2) is 7.11. The van der Waals surface area contributed by atoms with Gasteiger partial charge in [-0.3, -0.25) is 0 Å². The molecule has 4 saturated carbocycles. The van der Waals surface area contributed by atoms with E-state index in [0.717, 1.165) is 44.9 Å². The van der Waals surface area contributed by atoms with Crippen molar-refractivity contribution in [3.05, 3.63) is 11.6 Å². The molecule has 0 radical (unpaired) electrons. The Labute approximate surface area is 201 Å². The lowest BCUT2D eigenvalue weighted by molar-refractivity contribution is -0.327. The number of aliphatic hydroxyl groups excluding tert-OH is 1. The van der Waals surface area contributed by atoms with Gasteiger partial charge in [-0.05, 0) is 109 Å². The smallest absolute Gasteiger partial charge is 0.0594 e. The van der Waals surface area contributed by atoms with Crippen molar-refractivity contribution in [1.82, 2.24) is 0 Å². The van der Waals surface area contributed by atoms with E-state index >= 15 is 0 Å². The van der Waals surface area contributed by atoms with Crippen molar-refractivity contribution in [2.75, 3.05) is 0 Å². The summed E-state index contributed by atoms with van der Waals surface area (Å²) >= 11 is 0. The van der Waals surface area contributed by atoms with Crippen LogP contribution in [0.1, 0.15) is 106 Å². The van der Waals surface area contributed by atoms with E-state index in [4.69, 9.17) is 0 Å². The molecular weight excluding hydrogens is 408 g/mol. The number of carbonyl (C=O) groups excluding carboxylic acids is 1. The topological polar surface area (TPSA) is 60.4 Å². The molecule has 0 bridgehead atoms. The molecule has 33 heavy (non-hydrogen) atoms. The predicted octanol–water partition coefficient (Wildman–Crippen LogP) is 5.75. The third-order valence-electron chi connectivity index (χ3n) is 13.4. The predicted molar refractivity (Wildman–Crippen MR) is 130 cm³/mol. The summed E-state index contributed by atoms with van der Waals surface area (Å²) < 4.78 is 0. The first kappa shape index (κ1) is 23.9. The normalized spacial score (nSPS) is 55.3. The van der Waals surface area contributed by atoms with E-state index in [2.05, 4.69) is 54.5 Å². The molecule has 0 aromatic rings. The molecule has 3 heteroatoms. The minimum absolute atomic E-state index is 0.0385. The van der Waals surface area contributed by atoms with Crippen molar-refractivity contribution in [2.45, 2.75) is 112 Å². The van der Waals surface area contributed by atoms with Gasteiger partial charge in [0.1, 0.15) is 0 Å². The van der Waals surface area contributed by atoms with Gasteiger partial charge in [-0.25, -0.2) is 0 Å². The van der Waals surface area contributed by atoms with Crippen LogP contribution in [0.25, 0.3) is 0 Å². The minimum atomic E-state index is -0.792. The molecule has 5 aliphatic rings. The molecule has 0 spiro atoms. The molecule has 0 amide bonds. The van der Waals surface area contributed by atoms with Gasteiger partial charge in [-0.2, -0.15) is 0 Å². The first-order valence-electron chi connectivity index (χ1n) is 13.9. The summed E-state index contributed by atoms with van der Waals surface area (Å²) in [6.07, 6.45) is 11.3. The molecule has 186 valence electrons. The van der Waals surface area contributed by atoms with Crippen molar-refractivity contribution < 1.29 is 15.0 Å². The number of hydrogen-bond acceptors (Lipinski definition) is 3. The van der Waals surface area contributed by atoms with Crippen LogP contribution in [0.15, 0.2) is 11.6 Å². The molecule has 0 aliphatic heterocycles. The average molecular weight is 456 g/mol. The van der Waals surface area contributed by atoms with Crippen molar-refractivity contribution in [3.8, 4) is 0 Å². The summed E-state index contributed by atoms with van der Waals surface area (Å²) in [7, 11) is 0. The van der Waals surface area contributed by atoms with E-state index in [1.807, 2.05) is 0 Å². The minimum Gasteiger partial charge on any atom is -0.550 e. The zero-order chi connectivity index (χ0) is 24.2. The van der Waals surface area contributed by atoms with Crippen LogP contribution in [0.2, 0.25) is 0 Å². The van der Waals surface area contributed by atoms with Crippen LogP contribution < -0.4 is 5.11 Å². The van der Waals surface area contributed by atoms with Gasteiger partial charge in [0, 0.05) is 11.4 Å². The Morgan fingerprint density at radius 3 is 2.30 bits per heavy atom. The lowest BCUT2D eigenvalue weighted by atomic mass is 9.33. The molecule has 5 aliphatic carbocycles. The fourth-order valence-electron chi connectivity index (χ4n) is 10.8. The van der Waals surface area contributed by atoms with Gasteiger partial charge in [-0.15, -0.1) is 0 Å². The largest absolute Gasteiger partial charge is 0.550 e. The van der Waals surface area contributed by atoms with Crippen molar-refractivity contribution in [3.63, 3.8) is 0 Å². The Kier molecular flexibility index (Phi) is 5.15. The van der Waals surface area contributed by atoms with Crippen molar-refractivity contribution >= 4 is 5.97 Å². The van der Waals surface area contributed by atoms with E-state index < -0.39 is 11.4 Å². The number of carbonyl (C=O) groups is 1. The Hall–Kier alpha value is -0.830. The van der Waals surface area contributed by atoms with Crippen LogP contribution in [0.4, 0.5) is 0 Å². The molecule has 5 rings (SSSR count). The molecule has 0 aromatic heterocycles. The van der Waals surface area contributed by atoms with Crippen LogP contribution in [0, 0.1) is 56.7 Å². The molecule has 3 nitrogen and oxygen atoms in total. The SMILES string of the molecule is C[C@@H]1[C@H](C)CC[C@]2(C(=O)[O-])CC[C@]3(C)C(=CC[C@H]4[C@@]5(C)CC[C@H](O)C(C)(C)[C@@H]5CC[C@@]43C)[C@H]12. The van der Waals surface area contributed by atoms with Crippen LogP contribution in [-0.4, -0.2) is 17.2 Å². The number of fused-ring (bicyclic) bond motifs is 7. The molecule has 0 saturated heterocycles. The van der Waals surface area contributed by atoms with E-state index in [1.165, 1.54) is 18.4 Å². The summed E-state index contributed by atoms with van der Waals surface area (Å²) in [5.41, 5.74) is 1.24. The quantitative estimate of drug-likeness (QED) is 0.512. The molecule has 0 aromatic carbocycles. The highest BCUT2D eigenvalue weighted by Gasteiger charge is 2.68. The molecular formula is C30H47O3-. The first-order chi connectivity index (χ1) is 15.3. The highest BCUT2D eigenvalue weighted by Crippen LogP contribution is 2.75. The number of carboxylic acid groups (broad SMARTS) is 1. The maximum Gasteiger partial charge on any atom is 0.0594 e. The zero-order valence-electron chi connectivity index (χ0n) is 22.2. The van der Waals surface area contributed by atoms with Crippen molar-refractivity contribution in [1.29, 1.82) is 0 Å². The van der Waals surface area contributed by atoms with Crippen LogP contribution >= 0.6 is 0 Å². The second-order valence-electron chi connectivity index (χ2n) is 14.5. The molecule has 1 N–H and O–H groups in total. The van der Waals surface area contributed by atoms with E-state index in [-0.39, 0.29) is 33.7 Å². The fourth-order valence-corrected chi connectivity index (χ4v) is 10.8. The molecule has 10 atom stereocenters. The number of rotatable bonds is 1. The fraction of sp³-hybridized carbons (Fsp3) is 0.900. The molecule has 0 heterocycles. The van der Waals surface area contributed by atoms with Crippen LogP contribution in [0.3, 0.4) is 0 Å². The molecule has 0 unspecified atom stereocenters. The van der Waals surface area contributed by atoms with Crippen molar-refractivity contribution in [2.24, 2.45) is 56.7 Å². The highest BCUT2D eigenvalue weighted by atomic mass is 16.4. The summed E-state index contributed by atoms with van der Waals surface area (Å²) in [5, 5.41) is 23.6. The Morgan fingerprint density at radius 1 is 0.939 bits per heavy atom. The second-order valence-corrected chi connectivity index (χ2v) is 14.5. The Morgan fingerprint density at radius 2 is 1.64 bits per heavy atom. The summed E-state index contributed by atoms with van der Waals surface area (Å²) in [5.74, 6) is 1.42. The van der Waals surface area contributed by atoms with Gasteiger partial charge in [0.25, 0.3) is 0 Å². The van der Waals surface area contributed by atoms with Gasteiger partial charge in [0.05, 0.1) is 6.10 Å². The Balaban J connectivity index is 1.61. The monoisotopic (exact) mass is 455 g/mol. The van der Waals surface area contributed by atoms with Gasteiger partial charge in [0.15, 0.2) is 0 Å². The van der Waals surface area contributed by atoms with Crippen LogP contribution in [-0.2, 0) is 4.79 Å². The van der Waals surface area contributed by atoms with E-state index in [1.54, 1.807) is 0 Å². The van der Waals surface area contributed by atoms with E-state index in [9.17, 15) is 15.0 Å². The van der Waals surface area contributed by atoms with Gasteiger partial charge in [-0.1, -0.05) is 60.1 Å². The number of aliphatic hydroxyl groups is 1. The zero-order valence-corrected chi connectivity index (χ0v) is 22.2. The molecule has 4 fully saturated rings. The Bertz CT molecular complexity index is 874. The number of aliphatic carboxylic acids is 1.